The molecule has 1 aliphatic heterocycles. The van der Waals surface area contributed by atoms with E-state index in [1.54, 1.807) is 0 Å². The number of carbonyl (C=O) groups is 1. The number of hydrogen-bond donors (Lipinski definition) is 0. The number of aryl methyl sites for hydroxylation is 1. The van der Waals surface area contributed by atoms with Gasteiger partial charge in [-0.15, -0.1) is 0 Å². The first-order chi connectivity index (χ1) is 13.7. The zero-order chi connectivity index (χ0) is 19.3. The van der Waals surface area contributed by atoms with Crippen LogP contribution in [0.3, 0.4) is 0 Å². The lowest BCUT2D eigenvalue weighted by molar-refractivity contribution is -0.131. The molecule has 5 nitrogen and oxygen atoms in total. The number of anilines is 1. The predicted octanol–water partition coefficient (Wildman–Crippen LogP) is 3.09. The Labute approximate surface area is 168 Å². The fourth-order valence-electron chi connectivity index (χ4n) is 3.88. The van der Waals surface area contributed by atoms with Crippen molar-refractivity contribution in [1.29, 1.82) is 0 Å². The molecule has 4 rings (SSSR count). The SMILES string of the molecule is Cc1ccc(CN(CCC(=O)N2CCN(c3ccccn3)CC2)C2CC2)cc1. The van der Waals surface area contributed by atoms with Crippen molar-refractivity contribution in [3.8, 4) is 0 Å². The quantitative estimate of drug-likeness (QED) is 0.742. The number of amides is 1. The molecule has 1 aliphatic carbocycles. The normalized spacial score (nSPS) is 17.2. The molecule has 28 heavy (non-hydrogen) atoms. The van der Waals surface area contributed by atoms with E-state index in [0.717, 1.165) is 45.1 Å². The third kappa shape index (κ3) is 4.90. The van der Waals surface area contributed by atoms with E-state index in [4.69, 9.17) is 0 Å². The monoisotopic (exact) mass is 378 g/mol. The first-order valence-corrected chi connectivity index (χ1v) is 10.4. The zero-order valence-corrected chi connectivity index (χ0v) is 16.8. The molecular formula is C23H30N4O. The van der Waals surface area contributed by atoms with Gasteiger partial charge in [0.15, 0.2) is 0 Å². The van der Waals surface area contributed by atoms with Crippen molar-refractivity contribution >= 4 is 11.7 Å². The lowest BCUT2D eigenvalue weighted by Gasteiger charge is -2.35. The fraction of sp³-hybridized carbons (Fsp3) is 0.478. The molecule has 0 unspecified atom stereocenters. The smallest absolute Gasteiger partial charge is 0.223 e. The fourth-order valence-corrected chi connectivity index (χ4v) is 3.88. The first kappa shape index (κ1) is 18.9. The van der Waals surface area contributed by atoms with E-state index in [0.29, 0.717) is 12.5 Å². The molecule has 2 fully saturated rings. The highest BCUT2D eigenvalue weighted by Crippen LogP contribution is 2.28. The van der Waals surface area contributed by atoms with E-state index >= 15 is 0 Å². The first-order valence-electron chi connectivity index (χ1n) is 10.4. The maximum Gasteiger partial charge on any atom is 0.223 e. The predicted molar refractivity (Wildman–Crippen MR) is 112 cm³/mol. The van der Waals surface area contributed by atoms with Gasteiger partial charge in [0.1, 0.15) is 5.82 Å². The summed E-state index contributed by atoms with van der Waals surface area (Å²) in [6.45, 7) is 7.22. The van der Waals surface area contributed by atoms with Crippen LogP contribution >= 0.6 is 0 Å². The molecule has 0 radical (unpaired) electrons. The summed E-state index contributed by atoms with van der Waals surface area (Å²) >= 11 is 0. The third-order valence-corrected chi connectivity index (χ3v) is 5.79. The molecule has 0 atom stereocenters. The minimum Gasteiger partial charge on any atom is -0.353 e. The average molecular weight is 379 g/mol. The van der Waals surface area contributed by atoms with Gasteiger partial charge < -0.3 is 9.80 Å². The van der Waals surface area contributed by atoms with Gasteiger partial charge in [-0.1, -0.05) is 35.9 Å². The Morgan fingerprint density at radius 1 is 1.07 bits per heavy atom. The lowest BCUT2D eigenvalue weighted by Crippen LogP contribution is -2.49. The van der Waals surface area contributed by atoms with Crippen molar-refractivity contribution in [3.05, 3.63) is 59.8 Å². The average Bonchev–Trinajstić information content (AvgIpc) is 3.58. The van der Waals surface area contributed by atoms with Gasteiger partial charge in [0, 0.05) is 57.9 Å². The summed E-state index contributed by atoms with van der Waals surface area (Å²) in [5, 5.41) is 0. The lowest BCUT2D eigenvalue weighted by atomic mass is 10.1. The number of nitrogens with zero attached hydrogens (tertiary/aromatic N) is 4. The Morgan fingerprint density at radius 3 is 2.46 bits per heavy atom. The van der Waals surface area contributed by atoms with Crippen LogP contribution in [-0.2, 0) is 11.3 Å². The molecule has 148 valence electrons. The van der Waals surface area contributed by atoms with Crippen LogP contribution in [0, 0.1) is 6.92 Å². The third-order valence-electron chi connectivity index (χ3n) is 5.79. The Balaban J connectivity index is 1.25. The summed E-state index contributed by atoms with van der Waals surface area (Å²) in [5.41, 5.74) is 2.63. The molecule has 0 bridgehead atoms. The van der Waals surface area contributed by atoms with E-state index in [1.807, 2.05) is 29.3 Å². The van der Waals surface area contributed by atoms with Gasteiger partial charge >= 0.3 is 0 Å². The number of carbonyl (C=O) groups excluding carboxylic acids is 1. The van der Waals surface area contributed by atoms with E-state index in [-0.39, 0.29) is 5.91 Å². The number of rotatable bonds is 7. The molecule has 5 heteroatoms. The number of hydrogen-bond acceptors (Lipinski definition) is 4. The van der Waals surface area contributed by atoms with Gasteiger partial charge in [-0.2, -0.15) is 0 Å². The van der Waals surface area contributed by atoms with Crippen LogP contribution in [0.1, 0.15) is 30.4 Å². The second kappa shape index (κ2) is 8.74. The maximum absolute atomic E-state index is 12.8. The van der Waals surface area contributed by atoms with Gasteiger partial charge in [0.25, 0.3) is 0 Å². The maximum atomic E-state index is 12.8. The van der Waals surface area contributed by atoms with Gasteiger partial charge in [0.05, 0.1) is 0 Å². The van der Waals surface area contributed by atoms with Crippen LogP contribution in [0.2, 0.25) is 0 Å². The number of piperazine rings is 1. The Morgan fingerprint density at radius 2 is 1.82 bits per heavy atom. The number of aromatic nitrogens is 1. The van der Waals surface area contributed by atoms with Gasteiger partial charge in [-0.05, 0) is 37.5 Å². The van der Waals surface area contributed by atoms with Gasteiger partial charge in [0.2, 0.25) is 5.91 Å². The van der Waals surface area contributed by atoms with Crippen molar-refractivity contribution in [2.45, 2.75) is 38.8 Å². The van der Waals surface area contributed by atoms with E-state index < -0.39 is 0 Å². The topological polar surface area (TPSA) is 39.7 Å². The molecule has 2 aliphatic rings. The van der Waals surface area contributed by atoms with Crippen LogP contribution in [-0.4, -0.2) is 59.5 Å². The molecule has 1 amide bonds. The Kier molecular flexibility index (Phi) is 5.91. The standard InChI is InChI=1S/C23H30N4O/c1-19-5-7-20(8-6-19)18-27(21-9-10-21)13-11-23(28)26-16-14-25(15-17-26)22-4-2-3-12-24-22/h2-8,12,21H,9-11,13-18H2,1H3. The van der Waals surface area contributed by atoms with Crippen molar-refractivity contribution in [2.75, 3.05) is 37.6 Å². The largest absolute Gasteiger partial charge is 0.353 e. The van der Waals surface area contributed by atoms with Crippen LogP contribution in [0.5, 0.6) is 0 Å². The summed E-state index contributed by atoms with van der Waals surface area (Å²) in [5.74, 6) is 1.29. The van der Waals surface area contributed by atoms with Crippen LogP contribution in [0.4, 0.5) is 5.82 Å². The summed E-state index contributed by atoms with van der Waals surface area (Å²) in [7, 11) is 0. The van der Waals surface area contributed by atoms with E-state index in [2.05, 4.69) is 46.0 Å². The van der Waals surface area contributed by atoms with E-state index in [1.165, 1.54) is 24.0 Å². The highest BCUT2D eigenvalue weighted by molar-refractivity contribution is 5.76. The second-order valence-electron chi connectivity index (χ2n) is 7.99. The molecule has 1 aromatic heterocycles. The van der Waals surface area contributed by atoms with Crippen LogP contribution < -0.4 is 4.90 Å². The van der Waals surface area contributed by atoms with Gasteiger partial charge in [-0.3, -0.25) is 9.69 Å². The van der Waals surface area contributed by atoms with Crippen LogP contribution in [0.25, 0.3) is 0 Å². The van der Waals surface area contributed by atoms with Crippen molar-refractivity contribution in [3.63, 3.8) is 0 Å². The molecular weight excluding hydrogens is 348 g/mol. The molecule has 1 saturated carbocycles. The molecule has 1 saturated heterocycles. The minimum absolute atomic E-state index is 0.287. The number of pyridine rings is 1. The van der Waals surface area contributed by atoms with Crippen molar-refractivity contribution < 1.29 is 4.79 Å². The summed E-state index contributed by atoms with van der Waals surface area (Å²) in [4.78, 5) is 23.9. The molecule has 1 aromatic carbocycles. The highest BCUT2D eigenvalue weighted by Gasteiger charge is 2.30. The summed E-state index contributed by atoms with van der Waals surface area (Å²) < 4.78 is 0. The minimum atomic E-state index is 0.287. The zero-order valence-electron chi connectivity index (χ0n) is 16.8. The second-order valence-corrected chi connectivity index (χ2v) is 7.99. The van der Waals surface area contributed by atoms with E-state index in [9.17, 15) is 4.79 Å². The summed E-state index contributed by atoms with van der Waals surface area (Å²) in [6, 6.07) is 15.4. The Hall–Kier alpha value is -2.40. The molecule has 2 aromatic rings. The van der Waals surface area contributed by atoms with Gasteiger partial charge in [-0.25, -0.2) is 4.98 Å². The molecule has 0 spiro atoms. The van der Waals surface area contributed by atoms with Crippen molar-refractivity contribution in [2.24, 2.45) is 0 Å². The van der Waals surface area contributed by atoms with Crippen LogP contribution in [0.15, 0.2) is 48.7 Å². The van der Waals surface area contributed by atoms with Crippen molar-refractivity contribution in [1.82, 2.24) is 14.8 Å². The molecule has 0 N–H and O–H groups in total. The highest BCUT2D eigenvalue weighted by atomic mass is 16.2. The molecule has 2 heterocycles. The summed E-state index contributed by atoms with van der Waals surface area (Å²) in [6.07, 6.45) is 4.98. The number of benzene rings is 1. The Bertz CT molecular complexity index is 765.